The van der Waals surface area contributed by atoms with E-state index >= 15 is 0 Å². The number of sulfone groups is 1. The van der Waals surface area contributed by atoms with Crippen LogP contribution in [0.25, 0.3) is 0 Å². The van der Waals surface area contributed by atoms with Gasteiger partial charge < -0.3 is 10.6 Å². The number of aromatic nitrogens is 3. The second-order valence-electron chi connectivity index (χ2n) is 5.04. The topological polar surface area (TPSA) is 96.9 Å². The summed E-state index contributed by atoms with van der Waals surface area (Å²) in [5.41, 5.74) is 0.537. The van der Waals surface area contributed by atoms with Gasteiger partial charge in [-0.2, -0.15) is 10.1 Å². The highest BCUT2D eigenvalue weighted by Gasteiger charge is 2.28. The molecule has 1 unspecified atom stereocenters. The summed E-state index contributed by atoms with van der Waals surface area (Å²) in [7, 11) is -2.97. The average Bonchev–Trinajstić information content (AvgIpc) is 2.78. The third-order valence-electron chi connectivity index (χ3n) is 3.22. The Morgan fingerprint density at radius 2 is 2.18 bits per heavy atom. The van der Waals surface area contributed by atoms with Gasteiger partial charge in [-0.1, -0.05) is 6.07 Å². The van der Waals surface area contributed by atoms with E-state index in [-0.39, 0.29) is 29.3 Å². The lowest BCUT2D eigenvalue weighted by molar-refractivity contribution is 0.602. The summed E-state index contributed by atoms with van der Waals surface area (Å²) in [4.78, 5) is 4.20. The molecule has 1 atom stereocenters. The van der Waals surface area contributed by atoms with Gasteiger partial charge in [0.2, 0.25) is 5.95 Å². The van der Waals surface area contributed by atoms with Gasteiger partial charge in [-0.25, -0.2) is 12.8 Å². The number of hydrogen-bond acceptors (Lipinski definition) is 7. The van der Waals surface area contributed by atoms with Crippen molar-refractivity contribution in [3.8, 4) is 0 Å². The third kappa shape index (κ3) is 3.67. The smallest absolute Gasteiger partial charge is 0.244 e. The molecule has 1 saturated heterocycles. The molecule has 0 radical (unpaired) electrons. The number of benzene rings is 1. The van der Waals surface area contributed by atoms with Gasteiger partial charge in [0.15, 0.2) is 15.7 Å². The van der Waals surface area contributed by atoms with Crippen LogP contribution in [0.3, 0.4) is 0 Å². The van der Waals surface area contributed by atoms with Crippen molar-refractivity contribution < 1.29 is 12.8 Å². The number of nitrogens with one attached hydrogen (secondary N) is 2. The molecule has 7 nitrogen and oxygen atoms in total. The number of hydrogen-bond donors (Lipinski definition) is 2. The summed E-state index contributed by atoms with van der Waals surface area (Å²) in [6.07, 6.45) is 1.93. The molecule has 1 fully saturated rings. The molecule has 2 aromatic rings. The monoisotopic (exact) mass is 323 g/mol. The summed E-state index contributed by atoms with van der Waals surface area (Å²) in [5.74, 6) is 0.506. The highest BCUT2D eigenvalue weighted by atomic mass is 32.2. The van der Waals surface area contributed by atoms with E-state index in [1.54, 1.807) is 12.1 Å². The van der Waals surface area contributed by atoms with E-state index in [0.717, 1.165) is 0 Å². The zero-order chi connectivity index (χ0) is 15.6. The molecule has 9 heteroatoms. The Bertz CT molecular complexity index is 784. The molecule has 1 aliphatic rings. The van der Waals surface area contributed by atoms with Gasteiger partial charge in [0.25, 0.3) is 0 Å². The van der Waals surface area contributed by atoms with Gasteiger partial charge in [0.05, 0.1) is 17.7 Å². The van der Waals surface area contributed by atoms with Gasteiger partial charge >= 0.3 is 0 Å². The van der Waals surface area contributed by atoms with Crippen LogP contribution in [0.5, 0.6) is 0 Å². The molecule has 22 heavy (non-hydrogen) atoms. The maximum atomic E-state index is 13.1. The van der Waals surface area contributed by atoms with Crippen molar-refractivity contribution >= 4 is 27.3 Å². The summed E-state index contributed by atoms with van der Waals surface area (Å²) < 4.78 is 36.0. The largest absolute Gasteiger partial charge is 0.349 e. The van der Waals surface area contributed by atoms with Crippen molar-refractivity contribution in [2.75, 3.05) is 22.1 Å². The Morgan fingerprint density at radius 1 is 1.32 bits per heavy atom. The number of anilines is 3. The van der Waals surface area contributed by atoms with E-state index in [1.807, 2.05) is 0 Å². The first kappa shape index (κ1) is 14.6. The van der Waals surface area contributed by atoms with Crippen molar-refractivity contribution in [3.05, 3.63) is 36.3 Å². The lowest BCUT2D eigenvalue weighted by Gasteiger charge is -2.11. The van der Waals surface area contributed by atoms with Crippen LogP contribution in [0.15, 0.2) is 30.5 Å². The highest BCUT2D eigenvalue weighted by Crippen LogP contribution is 2.18. The molecule has 1 aromatic carbocycles. The minimum atomic E-state index is -2.97. The van der Waals surface area contributed by atoms with Crippen LogP contribution in [0.2, 0.25) is 0 Å². The standard InChI is InChI=1S/C13H14FN5O2S/c14-9-2-1-3-10(6-9)16-12-7-15-19-13(18-12)17-11-4-5-22(20,21)8-11/h1-3,6-7,11H,4-5,8H2,(H2,16,17,18,19). The molecular formula is C13H14FN5O2S. The van der Waals surface area contributed by atoms with Crippen molar-refractivity contribution in [1.82, 2.24) is 15.2 Å². The Labute approximate surface area is 126 Å². The minimum Gasteiger partial charge on any atom is -0.349 e. The van der Waals surface area contributed by atoms with Crippen LogP contribution in [-0.2, 0) is 9.84 Å². The zero-order valence-electron chi connectivity index (χ0n) is 11.5. The summed E-state index contributed by atoms with van der Waals surface area (Å²) in [6.45, 7) is 0. The first-order valence-electron chi connectivity index (χ1n) is 6.69. The van der Waals surface area contributed by atoms with Crippen molar-refractivity contribution in [2.24, 2.45) is 0 Å². The van der Waals surface area contributed by atoms with Gasteiger partial charge in [0, 0.05) is 11.7 Å². The van der Waals surface area contributed by atoms with Gasteiger partial charge in [-0.05, 0) is 24.6 Å². The van der Waals surface area contributed by atoms with Crippen molar-refractivity contribution in [1.29, 1.82) is 0 Å². The SMILES string of the molecule is O=S1(=O)CCC(Nc2nncc(Nc3cccc(F)c3)n2)C1. The molecule has 0 aliphatic carbocycles. The van der Waals surface area contributed by atoms with Gasteiger partial charge in [0.1, 0.15) is 5.82 Å². The lowest BCUT2D eigenvalue weighted by Crippen LogP contribution is -2.22. The Balaban J connectivity index is 1.70. The summed E-state index contributed by atoms with van der Waals surface area (Å²) >= 11 is 0. The Kier molecular flexibility index (Phi) is 3.88. The molecule has 0 amide bonds. The molecule has 0 saturated carbocycles. The van der Waals surface area contributed by atoms with E-state index in [2.05, 4.69) is 25.8 Å². The fourth-order valence-electron chi connectivity index (χ4n) is 2.23. The molecule has 116 valence electrons. The van der Waals surface area contributed by atoms with Crippen molar-refractivity contribution in [2.45, 2.75) is 12.5 Å². The maximum absolute atomic E-state index is 13.1. The Hall–Kier alpha value is -2.29. The van der Waals surface area contributed by atoms with Crippen LogP contribution in [0.4, 0.5) is 21.8 Å². The molecule has 2 heterocycles. The van der Waals surface area contributed by atoms with Crippen LogP contribution >= 0.6 is 0 Å². The van der Waals surface area contributed by atoms with E-state index in [4.69, 9.17) is 0 Å². The summed E-state index contributed by atoms with van der Waals surface area (Å²) in [6, 6.07) is 5.74. The first-order valence-corrected chi connectivity index (χ1v) is 8.52. The molecule has 2 N–H and O–H groups in total. The quantitative estimate of drug-likeness (QED) is 0.876. The van der Waals surface area contributed by atoms with Crippen molar-refractivity contribution in [3.63, 3.8) is 0 Å². The van der Waals surface area contributed by atoms with E-state index in [9.17, 15) is 12.8 Å². The van der Waals surface area contributed by atoms with Crippen LogP contribution in [-0.4, -0.2) is 41.1 Å². The van der Waals surface area contributed by atoms with Gasteiger partial charge in [-0.3, -0.25) is 0 Å². The normalized spacial score (nSPS) is 19.8. The molecule has 0 spiro atoms. The zero-order valence-corrected chi connectivity index (χ0v) is 12.3. The molecular weight excluding hydrogens is 309 g/mol. The minimum absolute atomic E-state index is 0.0674. The average molecular weight is 323 g/mol. The predicted octanol–water partition coefficient (Wildman–Crippen LogP) is 1.35. The fraction of sp³-hybridized carbons (Fsp3) is 0.308. The van der Waals surface area contributed by atoms with Crippen LogP contribution < -0.4 is 10.6 Å². The van der Waals surface area contributed by atoms with Gasteiger partial charge in [-0.15, -0.1) is 5.10 Å². The van der Waals surface area contributed by atoms with Crippen LogP contribution in [0, 0.1) is 5.82 Å². The number of halogens is 1. The maximum Gasteiger partial charge on any atom is 0.244 e. The highest BCUT2D eigenvalue weighted by molar-refractivity contribution is 7.91. The molecule has 0 bridgehead atoms. The second-order valence-corrected chi connectivity index (χ2v) is 7.27. The lowest BCUT2D eigenvalue weighted by atomic mass is 10.3. The molecule has 1 aliphatic heterocycles. The molecule has 1 aromatic heterocycles. The second kappa shape index (κ2) is 5.84. The van der Waals surface area contributed by atoms with E-state index < -0.39 is 9.84 Å². The summed E-state index contributed by atoms with van der Waals surface area (Å²) in [5, 5.41) is 13.5. The third-order valence-corrected chi connectivity index (χ3v) is 4.99. The first-order chi connectivity index (χ1) is 10.5. The van der Waals surface area contributed by atoms with E-state index in [0.29, 0.717) is 17.9 Å². The number of nitrogens with zero attached hydrogens (tertiary/aromatic N) is 3. The Morgan fingerprint density at radius 3 is 2.91 bits per heavy atom. The van der Waals surface area contributed by atoms with E-state index in [1.165, 1.54) is 18.3 Å². The van der Waals surface area contributed by atoms with Crippen LogP contribution in [0.1, 0.15) is 6.42 Å². The molecule has 3 rings (SSSR count). The fourth-order valence-corrected chi connectivity index (χ4v) is 3.90. The number of rotatable bonds is 4. The predicted molar refractivity (Wildman–Crippen MR) is 80.2 cm³/mol.